The van der Waals surface area contributed by atoms with E-state index in [-0.39, 0.29) is 18.4 Å². The first-order valence-corrected chi connectivity index (χ1v) is 6.37. The van der Waals surface area contributed by atoms with Gasteiger partial charge < -0.3 is 10.6 Å². The number of nitrogens with zero attached hydrogens (tertiary/aromatic N) is 2. The third kappa shape index (κ3) is 4.00. The number of anilines is 1. The molecule has 0 aromatic heterocycles. The van der Waals surface area contributed by atoms with Crippen molar-refractivity contribution in [3.8, 4) is 12.1 Å². The molecule has 0 aliphatic rings. The van der Waals surface area contributed by atoms with Gasteiger partial charge in [0.2, 0.25) is 5.91 Å². The fraction of sp³-hybridized carbons (Fsp3) is 0.400. The van der Waals surface area contributed by atoms with Crippen molar-refractivity contribution >= 4 is 11.6 Å². The van der Waals surface area contributed by atoms with E-state index in [4.69, 9.17) is 10.5 Å². The van der Waals surface area contributed by atoms with Crippen LogP contribution in [0.4, 0.5) is 5.69 Å². The SMILES string of the molecule is CC(C)C(C)(C#N)NC(=O)CNc1ccc(C#N)cc1. The summed E-state index contributed by atoms with van der Waals surface area (Å²) in [5.41, 5.74) is 0.447. The first kappa shape index (κ1) is 15.5. The van der Waals surface area contributed by atoms with Gasteiger partial charge in [0.25, 0.3) is 0 Å². The molecule has 0 saturated heterocycles. The molecule has 1 unspecified atom stereocenters. The van der Waals surface area contributed by atoms with Crippen LogP contribution in [0.5, 0.6) is 0 Å². The molecule has 0 bridgehead atoms. The molecular formula is C15H18N4O. The van der Waals surface area contributed by atoms with E-state index in [1.807, 2.05) is 19.9 Å². The highest BCUT2D eigenvalue weighted by Gasteiger charge is 2.29. The molecule has 1 aromatic carbocycles. The number of nitriles is 2. The number of nitrogens with one attached hydrogen (secondary N) is 2. The maximum atomic E-state index is 11.8. The third-order valence-electron chi connectivity index (χ3n) is 3.25. The highest BCUT2D eigenvalue weighted by Crippen LogP contribution is 2.15. The lowest BCUT2D eigenvalue weighted by molar-refractivity contribution is -0.121. The molecule has 5 heteroatoms. The van der Waals surface area contributed by atoms with Crippen LogP contribution in [-0.2, 0) is 4.79 Å². The molecule has 5 nitrogen and oxygen atoms in total. The average Bonchev–Trinajstić information content (AvgIpc) is 2.45. The van der Waals surface area contributed by atoms with Crippen LogP contribution in [0.3, 0.4) is 0 Å². The molecule has 1 amide bonds. The molecular weight excluding hydrogens is 252 g/mol. The minimum Gasteiger partial charge on any atom is -0.376 e. The highest BCUT2D eigenvalue weighted by atomic mass is 16.2. The van der Waals surface area contributed by atoms with E-state index >= 15 is 0 Å². The molecule has 0 aliphatic heterocycles. The summed E-state index contributed by atoms with van der Waals surface area (Å²) in [6.07, 6.45) is 0. The second-order valence-electron chi connectivity index (χ2n) is 5.06. The molecule has 1 rings (SSSR count). The van der Waals surface area contributed by atoms with Gasteiger partial charge in [-0.25, -0.2) is 0 Å². The summed E-state index contributed by atoms with van der Waals surface area (Å²) in [6.45, 7) is 5.56. The minimum absolute atomic E-state index is 0.0198. The van der Waals surface area contributed by atoms with E-state index < -0.39 is 5.54 Å². The van der Waals surface area contributed by atoms with Crippen molar-refractivity contribution in [2.75, 3.05) is 11.9 Å². The fourth-order valence-electron chi connectivity index (χ4n) is 1.48. The zero-order valence-corrected chi connectivity index (χ0v) is 11.9. The van der Waals surface area contributed by atoms with Gasteiger partial charge in [-0.15, -0.1) is 0 Å². The van der Waals surface area contributed by atoms with Gasteiger partial charge >= 0.3 is 0 Å². The predicted molar refractivity (Wildman–Crippen MR) is 76.6 cm³/mol. The monoisotopic (exact) mass is 270 g/mol. The van der Waals surface area contributed by atoms with Gasteiger partial charge in [0.15, 0.2) is 0 Å². The lowest BCUT2D eigenvalue weighted by Crippen LogP contribution is -2.50. The van der Waals surface area contributed by atoms with E-state index in [2.05, 4.69) is 16.7 Å². The number of rotatable bonds is 5. The summed E-state index contributed by atoms with van der Waals surface area (Å²) >= 11 is 0. The molecule has 0 saturated carbocycles. The van der Waals surface area contributed by atoms with Crippen molar-refractivity contribution in [2.45, 2.75) is 26.3 Å². The Morgan fingerprint density at radius 1 is 1.30 bits per heavy atom. The van der Waals surface area contributed by atoms with Crippen molar-refractivity contribution < 1.29 is 4.79 Å². The van der Waals surface area contributed by atoms with Crippen LogP contribution in [0.15, 0.2) is 24.3 Å². The van der Waals surface area contributed by atoms with Crippen molar-refractivity contribution in [2.24, 2.45) is 5.92 Å². The maximum absolute atomic E-state index is 11.8. The normalized spacial score (nSPS) is 12.9. The summed E-state index contributed by atoms with van der Waals surface area (Å²) in [4.78, 5) is 11.8. The van der Waals surface area contributed by atoms with E-state index in [9.17, 15) is 4.79 Å². The first-order chi connectivity index (χ1) is 9.41. The smallest absolute Gasteiger partial charge is 0.240 e. The van der Waals surface area contributed by atoms with Crippen LogP contribution in [-0.4, -0.2) is 18.0 Å². The first-order valence-electron chi connectivity index (χ1n) is 6.37. The topological polar surface area (TPSA) is 88.7 Å². The van der Waals surface area contributed by atoms with Gasteiger partial charge in [-0.05, 0) is 37.1 Å². The van der Waals surface area contributed by atoms with Gasteiger partial charge in [-0.2, -0.15) is 10.5 Å². The van der Waals surface area contributed by atoms with Gasteiger partial charge in [0.1, 0.15) is 5.54 Å². The lowest BCUT2D eigenvalue weighted by Gasteiger charge is -2.27. The van der Waals surface area contributed by atoms with Crippen molar-refractivity contribution in [1.29, 1.82) is 10.5 Å². The Morgan fingerprint density at radius 3 is 2.35 bits per heavy atom. The summed E-state index contributed by atoms with van der Waals surface area (Å²) in [6, 6.07) is 11.0. The second kappa shape index (κ2) is 6.58. The molecule has 104 valence electrons. The van der Waals surface area contributed by atoms with Crippen LogP contribution >= 0.6 is 0 Å². The Labute approximate surface area is 119 Å². The minimum atomic E-state index is -0.872. The predicted octanol–water partition coefficient (Wildman–Crippen LogP) is 2.02. The molecule has 1 aromatic rings. The Balaban J connectivity index is 2.55. The zero-order valence-electron chi connectivity index (χ0n) is 11.9. The molecule has 0 spiro atoms. The Morgan fingerprint density at radius 2 is 1.90 bits per heavy atom. The molecule has 0 fully saturated rings. The van der Waals surface area contributed by atoms with Crippen molar-refractivity contribution in [3.63, 3.8) is 0 Å². The van der Waals surface area contributed by atoms with Gasteiger partial charge in [0, 0.05) is 5.69 Å². The fourth-order valence-corrected chi connectivity index (χ4v) is 1.48. The van der Waals surface area contributed by atoms with E-state index in [1.54, 1.807) is 31.2 Å². The molecule has 20 heavy (non-hydrogen) atoms. The van der Waals surface area contributed by atoms with Crippen LogP contribution in [0.25, 0.3) is 0 Å². The summed E-state index contributed by atoms with van der Waals surface area (Å²) in [5.74, 6) is -0.224. The molecule has 2 N–H and O–H groups in total. The zero-order chi connectivity index (χ0) is 15.2. The Hall–Kier alpha value is -2.53. The second-order valence-corrected chi connectivity index (χ2v) is 5.06. The van der Waals surface area contributed by atoms with Crippen molar-refractivity contribution in [3.05, 3.63) is 29.8 Å². The number of carbonyl (C=O) groups is 1. The standard InChI is InChI=1S/C15H18N4O/c1-11(2)15(3,10-17)19-14(20)9-18-13-6-4-12(8-16)5-7-13/h4-7,11,18H,9H2,1-3H3,(H,19,20). The molecule has 0 radical (unpaired) electrons. The van der Waals surface area contributed by atoms with Crippen molar-refractivity contribution in [1.82, 2.24) is 5.32 Å². The maximum Gasteiger partial charge on any atom is 0.240 e. The molecule has 1 atom stereocenters. The quantitative estimate of drug-likeness (QED) is 0.856. The van der Waals surface area contributed by atoms with E-state index in [0.717, 1.165) is 5.69 Å². The van der Waals surface area contributed by atoms with Crippen LogP contribution in [0, 0.1) is 28.6 Å². The highest BCUT2D eigenvalue weighted by molar-refractivity contribution is 5.81. The number of carbonyl (C=O) groups excluding carboxylic acids is 1. The van der Waals surface area contributed by atoms with Crippen LogP contribution in [0.2, 0.25) is 0 Å². The summed E-state index contributed by atoms with van der Waals surface area (Å²) in [5, 5.41) is 23.5. The van der Waals surface area contributed by atoms with E-state index in [1.165, 1.54) is 0 Å². The molecule has 0 heterocycles. The van der Waals surface area contributed by atoms with Crippen LogP contribution in [0.1, 0.15) is 26.3 Å². The lowest BCUT2D eigenvalue weighted by atomic mass is 9.90. The van der Waals surface area contributed by atoms with Gasteiger partial charge in [0.05, 0.1) is 24.2 Å². The van der Waals surface area contributed by atoms with E-state index in [0.29, 0.717) is 5.56 Å². The largest absolute Gasteiger partial charge is 0.376 e. The number of hydrogen-bond donors (Lipinski definition) is 2. The van der Waals surface area contributed by atoms with Crippen LogP contribution < -0.4 is 10.6 Å². The number of hydrogen-bond acceptors (Lipinski definition) is 4. The Bertz CT molecular complexity index is 551. The number of benzene rings is 1. The number of amides is 1. The summed E-state index contributed by atoms with van der Waals surface area (Å²) < 4.78 is 0. The Kier molecular flexibility index (Phi) is 5.11. The summed E-state index contributed by atoms with van der Waals surface area (Å²) in [7, 11) is 0. The molecule has 0 aliphatic carbocycles. The average molecular weight is 270 g/mol. The third-order valence-corrected chi connectivity index (χ3v) is 3.25. The van der Waals surface area contributed by atoms with Gasteiger partial charge in [-0.1, -0.05) is 13.8 Å². The van der Waals surface area contributed by atoms with Gasteiger partial charge in [-0.3, -0.25) is 4.79 Å².